The number of methoxy groups -OCH3 is 1. The van der Waals surface area contributed by atoms with Crippen molar-refractivity contribution < 1.29 is 23.6 Å². The molecule has 2 rings (SSSR count). The van der Waals surface area contributed by atoms with Gasteiger partial charge < -0.3 is 19.9 Å². The van der Waals surface area contributed by atoms with E-state index in [0.717, 1.165) is 38.3 Å². The van der Waals surface area contributed by atoms with Crippen LogP contribution in [0, 0.1) is 11.7 Å². The Labute approximate surface area is 154 Å². The normalized spacial score (nSPS) is 17.5. The van der Waals surface area contributed by atoms with Gasteiger partial charge in [0.05, 0.1) is 33.3 Å². The number of rotatable bonds is 7. The second-order valence-corrected chi connectivity index (χ2v) is 6.84. The average Bonchev–Trinajstić information content (AvgIpc) is 2.66. The minimum absolute atomic E-state index is 0.0247. The highest BCUT2D eigenvalue weighted by Gasteiger charge is 2.29. The molecular formula is C19H29FN3O3+. The van der Waals surface area contributed by atoms with Gasteiger partial charge in [0.15, 0.2) is 6.54 Å². The van der Waals surface area contributed by atoms with Crippen LogP contribution in [-0.2, 0) is 14.3 Å². The van der Waals surface area contributed by atoms with Crippen molar-refractivity contribution in [1.82, 2.24) is 5.32 Å². The van der Waals surface area contributed by atoms with E-state index >= 15 is 0 Å². The molecule has 1 amide bonds. The van der Waals surface area contributed by atoms with Gasteiger partial charge in [-0.3, -0.25) is 4.79 Å². The van der Waals surface area contributed by atoms with E-state index in [0.29, 0.717) is 6.54 Å². The zero-order valence-corrected chi connectivity index (χ0v) is 15.8. The Hall–Kier alpha value is -2.15. The van der Waals surface area contributed by atoms with Crippen molar-refractivity contribution in [3.8, 4) is 0 Å². The van der Waals surface area contributed by atoms with Crippen LogP contribution in [0.5, 0.6) is 0 Å². The van der Waals surface area contributed by atoms with E-state index in [1.807, 2.05) is 13.8 Å². The van der Waals surface area contributed by atoms with Crippen molar-refractivity contribution in [1.29, 1.82) is 0 Å². The lowest BCUT2D eigenvalue weighted by Gasteiger charge is -2.33. The molecule has 144 valence electrons. The molecule has 1 aromatic carbocycles. The molecular weight excluding hydrogens is 337 g/mol. The minimum Gasteiger partial charge on any atom is -0.467 e. The Morgan fingerprint density at radius 2 is 1.88 bits per heavy atom. The van der Waals surface area contributed by atoms with Gasteiger partial charge in [-0.1, -0.05) is 20.3 Å². The molecule has 0 bridgehead atoms. The largest absolute Gasteiger partial charge is 0.467 e. The highest BCUT2D eigenvalue weighted by atomic mass is 19.1. The molecule has 1 fully saturated rings. The molecule has 2 atom stereocenters. The summed E-state index contributed by atoms with van der Waals surface area (Å²) in [5.41, 5.74) is 0.998. The third-order valence-electron chi connectivity index (χ3n) is 5.06. The molecule has 1 aliphatic rings. The Bertz CT molecular complexity index is 601. The van der Waals surface area contributed by atoms with Crippen LogP contribution in [0.2, 0.25) is 0 Å². The van der Waals surface area contributed by atoms with Gasteiger partial charge >= 0.3 is 5.97 Å². The summed E-state index contributed by atoms with van der Waals surface area (Å²) in [6.07, 6.45) is 0.781. The van der Waals surface area contributed by atoms with Crippen LogP contribution in [0.25, 0.3) is 0 Å². The maximum atomic E-state index is 13.0. The molecule has 1 heterocycles. The number of esters is 1. The molecule has 1 aromatic rings. The molecule has 2 N–H and O–H groups in total. The van der Waals surface area contributed by atoms with Crippen LogP contribution in [-0.4, -0.2) is 57.8 Å². The Morgan fingerprint density at radius 3 is 2.42 bits per heavy atom. The molecule has 6 nitrogen and oxygen atoms in total. The van der Waals surface area contributed by atoms with Crippen LogP contribution in [0.1, 0.15) is 20.3 Å². The maximum Gasteiger partial charge on any atom is 0.328 e. The number of ether oxygens (including phenoxy) is 1. The van der Waals surface area contributed by atoms with E-state index in [4.69, 9.17) is 4.74 Å². The number of nitrogens with one attached hydrogen (secondary N) is 2. The molecule has 0 saturated carbocycles. The number of anilines is 1. The average molecular weight is 366 g/mol. The van der Waals surface area contributed by atoms with E-state index in [-0.39, 0.29) is 17.6 Å². The number of carbonyl (C=O) groups is 2. The molecule has 26 heavy (non-hydrogen) atoms. The lowest BCUT2D eigenvalue weighted by Crippen LogP contribution is -3.16. The van der Waals surface area contributed by atoms with E-state index in [9.17, 15) is 14.0 Å². The third kappa shape index (κ3) is 5.42. The van der Waals surface area contributed by atoms with Crippen molar-refractivity contribution in [2.45, 2.75) is 26.3 Å². The number of carbonyl (C=O) groups excluding carboxylic acids is 2. The van der Waals surface area contributed by atoms with Crippen molar-refractivity contribution >= 4 is 17.6 Å². The van der Waals surface area contributed by atoms with Gasteiger partial charge in [-0.2, -0.15) is 0 Å². The minimum atomic E-state index is -0.600. The van der Waals surface area contributed by atoms with E-state index < -0.39 is 12.0 Å². The summed E-state index contributed by atoms with van der Waals surface area (Å²) in [4.78, 5) is 27.6. The summed E-state index contributed by atoms with van der Waals surface area (Å²) < 4.78 is 17.8. The van der Waals surface area contributed by atoms with Gasteiger partial charge in [0, 0.05) is 5.69 Å². The Morgan fingerprint density at radius 1 is 1.27 bits per heavy atom. The van der Waals surface area contributed by atoms with Crippen molar-refractivity contribution in [3.63, 3.8) is 0 Å². The quantitative estimate of drug-likeness (QED) is 0.679. The fourth-order valence-electron chi connectivity index (χ4n) is 3.16. The summed E-state index contributed by atoms with van der Waals surface area (Å²) in [6, 6.07) is 5.88. The predicted molar refractivity (Wildman–Crippen MR) is 97.6 cm³/mol. The van der Waals surface area contributed by atoms with Crippen LogP contribution >= 0.6 is 0 Å². The number of halogens is 1. The first kappa shape index (κ1) is 20.2. The number of nitrogens with zero attached hydrogens (tertiary/aromatic N) is 1. The summed E-state index contributed by atoms with van der Waals surface area (Å²) in [7, 11) is 1.34. The number of hydrogen-bond donors (Lipinski definition) is 2. The van der Waals surface area contributed by atoms with E-state index in [1.165, 1.54) is 24.1 Å². The molecule has 7 heteroatoms. The molecule has 0 spiro atoms. The first-order valence-corrected chi connectivity index (χ1v) is 9.15. The second kappa shape index (κ2) is 9.52. The molecule has 0 radical (unpaired) electrons. The van der Waals surface area contributed by atoms with E-state index in [2.05, 4.69) is 10.2 Å². The lowest BCUT2D eigenvalue weighted by molar-refractivity contribution is -0.892. The number of benzene rings is 1. The molecule has 0 aliphatic carbocycles. The van der Waals surface area contributed by atoms with Gasteiger partial charge in [0.25, 0.3) is 5.91 Å². The smallest absolute Gasteiger partial charge is 0.328 e. The standard InChI is InChI=1S/C19H28FN3O3/c1-4-14(2)18(19(25)26-3)21-17(24)13-22-9-11-23(12-10-22)16-7-5-15(20)6-8-16/h5-8,14,18H,4,9-13H2,1-3H3,(H,21,24)/p+1/t14-,18+/m0/s1. The topological polar surface area (TPSA) is 63.1 Å². The number of quaternary nitrogens is 1. The van der Waals surface area contributed by atoms with Crippen LogP contribution in [0.4, 0.5) is 10.1 Å². The predicted octanol–water partition coefficient (Wildman–Crippen LogP) is 0.235. The highest BCUT2D eigenvalue weighted by molar-refractivity contribution is 5.85. The molecule has 0 aromatic heterocycles. The summed E-state index contributed by atoms with van der Waals surface area (Å²) in [5.74, 6) is -0.748. The Kier molecular flexibility index (Phi) is 7.38. The SMILES string of the molecule is CC[C@H](C)[C@@H](NC(=O)C[NH+]1CCN(c2ccc(F)cc2)CC1)C(=O)OC. The van der Waals surface area contributed by atoms with Crippen LogP contribution in [0.3, 0.4) is 0 Å². The number of piperazine rings is 1. The van der Waals surface area contributed by atoms with E-state index in [1.54, 1.807) is 12.1 Å². The van der Waals surface area contributed by atoms with Gasteiger partial charge in [-0.25, -0.2) is 9.18 Å². The fourth-order valence-corrected chi connectivity index (χ4v) is 3.16. The zero-order chi connectivity index (χ0) is 19.1. The zero-order valence-electron chi connectivity index (χ0n) is 15.8. The lowest BCUT2D eigenvalue weighted by atomic mass is 9.99. The monoisotopic (exact) mass is 366 g/mol. The second-order valence-electron chi connectivity index (χ2n) is 6.84. The van der Waals surface area contributed by atoms with Crippen LogP contribution < -0.4 is 15.1 Å². The number of amides is 1. The fraction of sp³-hybridized carbons (Fsp3) is 0.579. The van der Waals surface area contributed by atoms with Crippen molar-refractivity contribution in [3.05, 3.63) is 30.1 Å². The Balaban J connectivity index is 1.83. The maximum absolute atomic E-state index is 13.0. The molecule has 0 unspecified atom stereocenters. The van der Waals surface area contributed by atoms with Crippen LogP contribution in [0.15, 0.2) is 24.3 Å². The highest BCUT2D eigenvalue weighted by Crippen LogP contribution is 2.14. The summed E-state index contributed by atoms with van der Waals surface area (Å²) in [6.45, 7) is 7.48. The van der Waals surface area contributed by atoms with Crippen molar-refractivity contribution in [2.24, 2.45) is 5.92 Å². The summed E-state index contributed by atoms with van der Waals surface area (Å²) >= 11 is 0. The van der Waals surface area contributed by atoms with Gasteiger partial charge in [-0.05, 0) is 30.2 Å². The number of hydrogen-bond acceptors (Lipinski definition) is 4. The van der Waals surface area contributed by atoms with Crippen molar-refractivity contribution in [2.75, 3.05) is 44.7 Å². The van der Waals surface area contributed by atoms with Gasteiger partial charge in [-0.15, -0.1) is 0 Å². The van der Waals surface area contributed by atoms with Gasteiger partial charge in [0.2, 0.25) is 0 Å². The first-order valence-electron chi connectivity index (χ1n) is 9.15. The third-order valence-corrected chi connectivity index (χ3v) is 5.06. The molecule has 1 aliphatic heterocycles. The first-order chi connectivity index (χ1) is 12.4. The van der Waals surface area contributed by atoms with Gasteiger partial charge in [0.1, 0.15) is 11.9 Å². The summed E-state index contributed by atoms with van der Waals surface area (Å²) in [5, 5.41) is 2.83. The molecule has 1 saturated heterocycles.